The molecule has 0 bridgehead atoms. The molecule has 0 aromatic carbocycles. The van der Waals surface area contributed by atoms with Crippen LogP contribution >= 0.6 is 0 Å². The molecule has 0 saturated carbocycles. The van der Waals surface area contributed by atoms with Crippen LogP contribution in [0.1, 0.15) is 65.7 Å². The third-order valence-corrected chi connectivity index (χ3v) is 3.20. The summed E-state index contributed by atoms with van der Waals surface area (Å²) in [6.07, 6.45) is 11.2. The summed E-state index contributed by atoms with van der Waals surface area (Å²) in [5, 5.41) is 2.34. The number of rotatable bonds is 12. The molecule has 0 spiro atoms. The molecule has 0 aliphatic carbocycles. The summed E-state index contributed by atoms with van der Waals surface area (Å²) in [7, 11) is 0. The molecule has 3 heteroatoms. The minimum atomic E-state index is 0.543. The molecule has 1 unspecified atom stereocenters. The number of hydrazine groups is 1. The van der Waals surface area contributed by atoms with Crippen molar-refractivity contribution in [3.63, 3.8) is 0 Å². The van der Waals surface area contributed by atoms with Gasteiger partial charge < -0.3 is 5.73 Å². The van der Waals surface area contributed by atoms with Gasteiger partial charge in [0.25, 0.3) is 0 Å². The van der Waals surface area contributed by atoms with Gasteiger partial charge in [-0.1, -0.05) is 46.5 Å². The first-order valence-corrected chi connectivity index (χ1v) is 7.28. The van der Waals surface area contributed by atoms with Crippen molar-refractivity contribution >= 4 is 0 Å². The van der Waals surface area contributed by atoms with E-state index in [2.05, 4.69) is 37.6 Å². The van der Waals surface area contributed by atoms with Crippen LogP contribution in [0.5, 0.6) is 0 Å². The van der Waals surface area contributed by atoms with E-state index in [1.54, 1.807) is 0 Å². The van der Waals surface area contributed by atoms with Gasteiger partial charge in [-0.05, 0) is 25.7 Å². The lowest BCUT2D eigenvalue weighted by molar-refractivity contribution is 0.112. The Morgan fingerprint density at radius 2 is 2.00 bits per heavy atom. The Balaban J connectivity index is 3.83. The molecule has 0 rings (SSSR count). The summed E-state index contributed by atoms with van der Waals surface area (Å²) < 4.78 is 0. The molecule has 0 amide bonds. The zero-order valence-electron chi connectivity index (χ0n) is 12.0. The molecule has 0 saturated heterocycles. The Morgan fingerprint density at radius 3 is 2.53 bits per heavy atom. The Labute approximate surface area is 108 Å². The van der Waals surface area contributed by atoms with Crippen molar-refractivity contribution in [2.75, 3.05) is 13.2 Å². The van der Waals surface area contributed by atoms with Crippen LogP contribution in [0.4, 0.5) is 0 Å². The SMILES string of the molecule is C[CH]CCCCCC(CC)N(CCC)NCN. The van der Waals surface area contributed by atoms with Crippen molar-refractivity contribution in [2.45, 2.75) is 71.8 Å². The lowest BCUT2D eigenvalue weighted by atomic mass is 10.0. The molecule has 1 radical (unpaired) electrons. The van der Waals surface area contributed by atoms with Crippen molar-refractivity contribution in [1.82, 2.24) is 10.4 Å². The van der Waals surface area contributed by atoms with Crippen LogP contribution in [0.15, 0.2) is 0 Å². The lowest BCUT2D eigenvalue weighted by Gasteiger charge is -2.31. The average molecular weight is 242 g/mol. The number of nitrogens with zero attached hydrogens (tertiary/aromatic N) is 1. The highest BCUT2D eigenvalue weighted by atomic mass is 15.5. The van der Waals surface area contributed by atoms with E-state index in [0.29, 0.717) is 12.7 Å². The molecule has 103 valence electrons. The highest BCUT2D eigenvalue weighted by molar-refractivity contribution is 4.67. The van der Waals surface area contributed by atoms with Gasteiger partial charge in [-0.2, -0.15) is 0 Å². The van der Waals surface area contributed by atoms with Crippen LogP contribution in [0.3, 0.4) is 0 Å². The lowest BCUT2D eigenvalue weighted by Crippen LogP contribution is -2.48. The maximum Gasteiger partial charge on any atom is 0.0567 e. The smallest absolute Gasteiger partial charge is 0.0567 e. The van der Waals surface area contributed by atoms with E-state index in [0.717, 1.165) is 6.54 Å². The van der Waals surface area contributed by atoms with Crippen molar-refractivity contribution < 1.29 is 0 Å². The van der Waals surface area contributed by atoms with Crippen molar-refractivity contribution in [3.8, 4) is 0 Å². The fourth-order valence-corrected chi connectivity index (χ4v) is 2.23. The largest absolute Gasteiger partial charge is 0.317 e. The number of nitrogens with two attached hydrogens (primary N) is 1. The van der Waals surface area contributed by atoms with Gasteiger partial charge in [0.05, 0.1) is 6.67 Å². The maximum absolute atomic E-state index is 5.59. The van der Waals surface area contributed by atoms with E-state index in [4.69, 9.17) is 5.73 Å². The fourth-order valence-electron chi connectivity index (χ4n) is 2.23. The average Bonchev–Trinajstić information content (AvgIpc) is 2.34. The van der Waals surface area contributed by atoms with Crippen molar-refractivity contribution in [3.05, 3.63) is 6.42 Å². The number of unbranched alkanes of at least 4 members (excludes halogenated alkanes) is 4. The van der Waals surface area contributed by atoms with Gasteiger partial charge in [-0.25, -0.2) is 10.4 Å². The molecule has 3 nitrogen and oxygen atoms in total. The maximum atomic E-state index is 5.59. The highest BCUT2D eigenvalue weighted by Crippen LogP contribution is 2.13. The van der Waals surface area contributed by atoms with Crippen LogP contribution in [0.2, 0.25) is 0 Å². The Hall–Kier alpha value is -0.120. The van der Waals surface area contributed by atoms with E-state index in [9.17, 15) is 0 Å². The second-order valence-electron chi connectivity index (χ2n) is 4.66. The Bertz CT molecular complexity index is 144. The molecule has 0 aromatic heterocycles. The van der Waals surface area contributed by atoms with E-state index in [1.807, 2.05) is 0 Å². The summed E-state index contributed by atoms with van der Waals surface area (Å²) >= 11 is 0. The summed E-state index contributed by atoms with van der Waals surface area (Å²) in [6.45, 7) is 8.27. The third-order valence-electron chi connectivity index (χ3n) is 3.20. The molecule has 3 N–H and O–H groups in total. The van der Waals surface area contributed by atoms with Crippen LogP contribution in [-0.4, -0.2) is 24.3 Å². The van der Waals surface area contributed by atoms with E-state index in [1.165, 1.54) is 44.9 Å². The first kappa shape index (κ1) is 16.9. The molecular formula is C14H32N3. The van der Waals surface area contributed by atoms with Crippen LogP contribution in [-0.2, 0) is 0 Å². The molecule has 0 aliphatic heterocycles. The molecule has 0 fully saturated rings. The van der Waals surface area contributed by atoms with Crippen molar-refractivity contribution in [2.24, 2.45) is 5.73 Å². The number of hydrogen-bond donors (Lipinski definition) is 2. The van der Waals surface area contributed by atoms with E-state index >= 15 is 0 Å². The van der Waals surface area contributed by atoms with Gasteiger partial charge in [-0.3, -0.25) is 0 Å². The zero-order valence-corrected chi connectivity index (χ0v) is 12.0. The standard InChI is InChI=1S/C14H32N3/c1-4-7-8-9-10-11-14(6-3)17(12-5-2)16-13-15/h4,14,16H,5-13,15H2,1-3H3. The molecule has 0 heterocycles. The normalized spacial score (nSPS) is 13.2. The number of nitrogens with one attached hydrogen (secondary N) is 1. The molecule has 1 atom stereocenters. The van der Waals surface area contributed by atoms with E-state index in [-0.39, 0.29) is 0 Å². The summed E-state index contributed by atoms with van der Waals surface area (Å²) in [5.41, 5.74) is 8.88. The van der Waals surface area contributed by atoms with Gasteiger partial charge in [0.1, 0.15) is 0 Å². The van der Waals surface area contributed by atoms with E-state index < -0.39 is 0 Å². The van der Waals surface area contributed by atoms with Gasteiger partial charge in [0.15, 0.2) is 0 Å². The number of hydrogen-bond acceptors (Lipinski definition) is 3. The quantitative estimate of drug-likeness (QED) is 0.314. The summed E-state index contributed by atoms with van der Waals surface area (Å²) in [5.74, 6) is 0. The van der Waals surface area contributed by atoms with Gasteiger partial charge >= 0.3 is 0 Å². The predicted molar refractivity (Wildman–Crippen MR) is 76.3 cm³/mol. The second kappa shape index (κ2) is 12.3. The zero-order chi connectivity index (χ0) is 12.9. The Morgan fingerprint density at radius 1 is 1.24 bits per heavy atom. The topological polar surface area (TPSA) is 41.3 Å². The molecule has 0 aliphatic rings. The van der Waals surface area contributed by atoms with Crippen LogP contribution in [0.25, 0.3) is 0 Å². The monoisotopic (exact) mass is 242 g/mol. The minimum Gasteiger partial charge on any atom is -0.317 e. The first-order valence-electron chi connectivity index (χ1n) is 7.28. The minimum absolute atomic E-state index is 0.543. The van der Waals surface area contributed by atoms with Gasteiger partial charge in [0.2, 0.25) is 0 Å². The fraction of sp³-hybridized carbons (Fsp3) is 0.929. The molecular weight excluding hydrogens is 210 g/mol. The predicted octanol–water partition coefficient (Wildman–Crippen LogP) is 3.07. The van der Waals surface area contributed by atoms with Gasteiger partial charge in [-0.15, -0.1) is 0 Å². The third kappa shape index (κ3) is 8.58. The van der Waals surface area contributed by atoms with Crippen LogP contribution < -0.4 is 11.2 Å². The molecule has 0 aromatic rings. The summed E-state index contributed by atoms with van der Waals surface area (Å²) in [4.78, 5) is 0. The van der Waals surface area contributed by atoms with Crippen LogP contribution in [0, 0.1) is 6.42 Å². The van der Waals surface area contributed by atoms with Gasteiger partial charge in [0, 0.05) is 12.6 Å². The summed E-state index contributed by atoms with van der Waals surface area (Å²) in [6, 6.07) is 0.643. The first-order chi connectivity index (χ1) is 8.29. The second-order valence-corrected chi connectivity index (χ2v) is 4.66. The Kier molecular flexibility index (Phi) is 12.3. The van der Waals surface area contributed by atoms with Crippen molar-refractivity contribution in [1.29, 1.82) is 0 Å². The molecule has 17 heavy (non-hydrogen) atoms. The highest BCUT2D eigenvalue weighted by Gasteiger charge is 2.14.